The van der Waals surface area contributed by atoms with Gasteiger partial charge in [-0.15, -0.1) is 0 Å². The van der Waals surface area contributed by atoms with Crippen molar-refractivity contribution in [2.75, 3.05) is 25.9 Å². The Morgan fingerprint density at radius 2 is 1.78 bits per heavy atom. The molecule has 0 aromatic rings. The van der Waals surface area contributed by atoms with E-state index in [1.54, 1.807) is 6.92 Å². The van der Waals surface area contributed by atoms with E-state index in [0.717, 1.165) is 6.26 Å². The van der Waals surface area contributed by atoms with Gasteiger partial charge in [0.25, 0.3) is 0 Å². The van der Waals surface area contributed by atoms with Crippen molar-refractivity contribution in [2.45, 2.75) is 33.2 Å². The Morgan fingerprint density at radius 3 is 2.28 bits per heavy atom. The Kier molecular flexibility index (Phi) is 8.13. The van der Waals surface area contributed by atoms with Crippen molar-refractivity contribution < 1.29 is 13.2 Å². The summed E-state index contributed by atoms with van der Waals surface area (Å²) in [6.07, 6.45) is 1.78. The first-order chi connectivity index (χ1) is 8.22. The van der Waals surface area contributed by atoms with Gasteiger partial charge in [0.05, 0.1) is 12.3 Å². The van der Waals surface area contributed by atoms with E-state index < -0.39 is 10.0 Å². The molecule has 0 heterocycles. The molecule has 0 aromatic heterocycles. The summed E-state index contributed by atoms with van der Waals surface area (Å²) >= 11 is 0. The summed E-state index contributed by atoms with van der Waals surface area (Å²) in [6.45, 7) is 7.51. The first-order valence-corrected chi connectivity index (χ1v) is 8.07. The minimum Gasteiger partial charge on any atom is -0.354 e. The van der Waals surface area contributed by atoms with Gasteiger partial charge in [-0.25, -0.2) is 13.1 Å². The maximum Gasteiger partial charge on any atom is 0.236 e. The molecule has 6 nitrogen and oxygen atoms in total. The van der Waals surface area contributed by atoms with E-state index in [0.29, 0.717) is 32.0 Å². The van der Waals surface area contributed by atoms with E-state index in [1.807, 2.05) is 13.8 Å². The molecule has 1 atom stereocenters. The number of hydrogen-bond acceptors (Lipinski definition) is 4. The molecule has 0 aliphatic heterocycles. The maximum atomic E-state index is 11.6. The summed E-state index contributed by atoms with van der Waals surface area (Å²) in [5.74, 6) is 0.403. The smallest absolute Gasteiger partial charge is 0.236 e. The number of rotatable bonds is 9. The van der Waals surface area contributed by atoms with Crippen LogP contribution < -0.4 is 15.4 Å². The van der Waals surface area contributed by atoms with E-state index in [2.05, 4.69) is 15.4 Å². The lowest BCUT2D eigenvalue weighted by Gasteiger charge is -2.15. The molecule has 0 fully saturated rings. The molecule has 0 rings (SSSR count). The van der Waals surface area contributed by atoms with Gasteiger partial charge in [0.1, 0.15) is 0 Å². The van der Waals surface area contributed by atoms with Gasteiger partial charge in [0, 0.05) is 13.1 Å². The molecular weight excluding hydrogens is 254 g/mol. The zero-order chi connectivity index (χ0) is 14.2. The molecule has 1 unspecified atom stereocenters. The first-order valence-electron chi connectivity index (χ1n) is 6.18. The first kappa shape index (κ1) is 17.3. The zero-order valence-electron chi connectivity index (χ0n) is 11.6. The predicted octanol–water partition coefficient (Wildman–Crippen LogP) is -0.324. The topological polar surface area (TPSA) is 87.3 Å². The third-order valence-corrected chi connectivity index (χ3v) is 2.97. The van der Waals surface area contributed by atoms with Crippen molar-refractivity contribution in [1.82, 2.24) is 15.4 Å². The minimum absolute atomic E-state index is 0.0280. The Labute approximate surface area is 110 Å². The Balaban J connectivity index is 3.64. The molecule has 3 N–H and O–H groups in total. The molecular formula is C11H25N3O3S. The third-order valence-electron chi connectivity index (χ3n) is 2.25. The fraction of sp³-hybridized carbons (Fsp3) is 0.909. The van der Waals surface area contributed by atoms with Crippen molar-refractivity contribution in [3.8, 4) is 0 Å². The van der Waals surface area contributed by atoms with Crippen molar-refractivity contribution in [1.29, 1.82) is 0 Å². The summed E-state index contributed by atoms with van der Waals surface area (Å²) in [7, 11) is -3.12. The number of sulfonamides is 1. The highest BCUT2D eigenvalue weighted by molar-refractivity contribution is 7.88. The van der Waals surface area contributed by atoms with Crippen molar-refractivity contribution in [2.24, 2.45) is 5.92 Å². The molecule has 0 bridgehead atoms. The number of nitrogens with one attached hydrogen (secondary N) is 3. The van der Waals surface area contributed by atoms with E-state index in [-0.39, 0.29) is 11.9 Å². The molecule has 0 saturated carbocycles. The standard InChI is InChI=1S/C11H25N3O3S/c1-9(2)8-13-11(15)10(3)12-6-5-7-14-18(4,16)17/h9-10,12,14H,5-8H2,1-4H3,(H,13,15). The number of amides is 1. The number of carbonyl (C=O) groups is 1. The molecule has 0 radical (unpaired) electrons. The van der Waals surface area contributed by atoms with Crippen molar-refractivity contribution in [3.05, 3.63) is 0 Å². The summed E-state index contributed by atoms with van der Waals surface area (Å²) < 4.78 is 24.0. The quantitative estimate of drug-likeness (QED) is 0.505. The average Bonchev–Trinajstić information content (AvgIpc) is 2.23. The Bertz CT molecular complexity index is 341. The molecule has 7 heteroatoms. The molecule has 0 spiro atoms. The van der Waals surface area contributed by atoms with E-state index >= 15 is 0 Å². The molecule has 0 aliphatic carbocycles. The number of hydrogen-bond donors (Lipinski definition) is 3. The lowest BCUT2D eigenvalue weighted by atomic mass is 10.2. The molecule has 1 amide bonds. The van der Waals surface area contributed by atoms with Crippen LogP contribution in [0.5, 0.6) is 0 Å². The fourth-order valence-electron chi connectivity index (χ4n) is 1.22. The zero-order valence-corrected chi connectivity index (χ0v) is 12.4. The van der Waals surface area contributed by atoms with Gasteiger partial charge in [-0.3, -0.25) is 4.79 Å². The lowest BCUT2D eigenvalue weighted by Crippen LogP contribution is -2.44. The lowest BCUT2D eigenvalue weighted by molar-refractivity contribution is -0.122. The van der Waals surface area contributed by atoms with Crippen LogP contribution in [0.1, 0.15) is 27.2 Å². The normalized spacial score (nSPS) is 13.6. The minimum atomic E-state index is -3.12. The SMILES string of the molecule is CC(C)CNC(=O)C(C)NCCCNS(C)(=O)=O. The monoisotopic (exact) mass is 279 g/mol. The summed E-state index contributed by atoms with van der Waals surface area (Å²) in [6, 6.07) is -0.262. The molecule has 0 aliphatic rings. The van der Waals surface area contributed by atoms with Gasteiger partial charge in [-0.05, 0) is 25.8 Å². The van der Waals surface area contributed by atoms with Crippen LogP contribution in [0.4, 0.5) is 0 Å². The van der Waals surface area contributed by atoms with Crippen LogP contribution in [0.3, 0.4) is 0 Å². The van der Waals surface area contributed by atoms with E-state index in [4.69, 9.17) is 0 Å². The van der Waals surface area contributed by atoms with Crippen LogP contribution in [0.25, 0.3) is 0 Å². The number of carbonyl (C=O) groups excluding carboxylic acids is 1. The molecule has 18 heavy (non-hydrogen) atoms. The Hall–Kier alpha value is -0.660. The van der Waals surface area contributed by atoms with Gasteiger partial charge in [0.15, 0.2) is 0 Å². The van der Waals surface area contributed by atoms with Gasteiger partial charge in [-0.2, -0.15) is 0 Å². The van der Waals surface area contributed by atoms with Crippen LogP contribution >= 0.6 is 0 Å². The highest BCUT2D eigenvalue weighted by Crippen LogP contribution is 1.89. The van der Waals surface area contributed by atoms with Crippen LogP contribution in [-0.2, 0) is 14.8 Å². The summed E-state index contributed by atoms with van der Waals surface area (Å²) in [5.41, 5.74) is 0. The van der Waals surface area contributed by atoms with E-state index in [9.17, 15) is 13.2 Å². The largest absolute Gasteiger partial charge is 0.354 e. The average molecular weight is 279 g/mol. The van der Waals surface area contributed by atoms with Crippen molar-refractivity contribution >= 4 is 15.9 Å². The molecule has 108 valence electrons. The van der Waals surface area contributed by atoms with Crippen LogP contribution in [0.15, 0.2) is 0 Å². The van der Waals surface area contributed by atoms with Gasteiger partial charge < -0.3 is 10.6 Å². The second-order valence-electron chi connectivity index (χ2n) is 4.83. The van der Waals surface area contributed by atoms with Crippen molar-refractivity contribution in [3.63, 3.8) is 0 Å². The second-order valence-corrected chi connectivity index (χ2v) is 6.67. The second kappa shape index (κ2) is 8.44. The maximum absolute atomic E-state index is 11.6. The predicted molar refractivity (Wildman–Crippen MR) is 72.8 cm³/mol. The molecule has 0 saturated heterocycles. The van der Waals surface area contributed by atoms with Gasteiger partial charge >= 0.3 is 0 Å². The molecule has 0 aromatic carbocycles. The van der Waals surface area contributed by atoms with Gasteiger partial charge in [-0.1, -0.05) is 13.8 Å². The van der Waals surface area contributed by atoms with Gasteiger partial charge in [0.2, 0.25) is 15.9 Å². The third kappa shape index (κ3) is 10.5. The fourth-order valence-corrected chi connectivity index (χ4v) is 1.73. The summed E-state index contributed by atoms with van der Waals surface area (Å²) in [4.78, 5) is 11.6. The Morgan fingerprint density at radius 1 is 1.17 bits per heavy atom. The van der Waals surface area contributed by atoms with Crippen LogP contribution in [0.2, 0.25) is 0 Å². The van der Waals surface area contributed by atoms with Crippen LogP contribution in [0, 0.1) is 5.92 Å². The highest BCUT2D eigenvalue weighted by atomic mass is 32.2. The highest BCUT2D eigenvalue weighted by Gasteiger charge is 2.11. The summed E-state index contributed by atoms with van der Waals surface area (Å²) in [5, 5.41) is 5.88. The van der Waals surface area contributed by atoms with Crippen LogP contribution in [-0.4, -0.2) is 46.3 Å². The van der Waals surface area contributed by atoms with E-state index in [1.165, 1.54) is 0 Å².